The minimum Gasteiger partial charge on any atom is -0.541 e. The van der Waals surface area contributed by atoms with Gasteiger partial charge in [-0.25, -0.2) is 9.18 Å². The molecular formula is C29H35FN2O4Si. The number of aromatic hydroxyl groups is 1. The number of hydrogen-bond donors (Lipinski definition) is 2. The molecule has 8 heteroatoms. The zero-order valence-electron chi connectivity index (χ0n) is 22.5. The van der Waals surface area contributed by atoms with Crippen LogP contribution in [0.4, 0.5) is 4.39 Å². The van der Waals surface area contributed by atoms with E-state index in [1.165, 1.54) is 16.7 Å². The minimum absolute atomic E-state index is 0.0502. The number of carbonyl (C=O) groups is 1. The molecule has 0 amide bonds. The highest BCUT2D eigenvalue weighted by molar-refractivity contribution is 6.78. The van der Waals surface area contributed by atoms with Crippen LogP contribution in [-0.2, 0) is 13.5 Å². The number of fused-ring (bicyclic) bond motifs is 2. The number of nitrogens with zero attached hydrogens (tertiary/aromatic N) is 2. The molecule has 0 aliphatic carbocycles. The number of aromatic carboxylic acids is 1. The number of pyridine rings is 1. The van der Waals surface area contributed by atoms with Crippen molar-refractivity contribution in [2.75, 3.05) is 0 Å². The topological polar surface area (TPSA) is 84.6 Å². The Hall–Kier alpha value is -3.39. The molecule has 4 aromatic rings. The number of halogens is 1. The van der Waals surface area contributed by atoms with Gasteiger partial charge in [-0.3, -0.25) is 4.98 Å². The normalized spacial score (nSPS) is 12.4. The quantitative estimate of drug-likeness (QED) is 0.235. The second kappa shape index (κ2) is 9.82. The lowest BCUT2D eigenvalue weighted by atomic mass is 9.98. The third kappa shape index (κ3) is 4.48. The summed E-state index contributed by atoms with van der Waals surface area (Å²) in [5.41, 5.74) is 2.98. The molecule has 0 unspecified atom stereocenters. The Bertz CT molecular complexity index is 1450. The van der Waals surface area contributed by atoms with Gasteiger partial charge in [0.25, 0.3) is 8.32 Å². The van der Waals surface area contributed by atoms with Crippen LogP contribution in [-0.4, -0.2) is 34.1 Å². The Balaban J connectivity index is 2.05. The van der Waals surface area contributed by atoms with E-state index in [0.29, 0.717) is 33.8 Å². The van der Waals surface area contributed by atoms with Gasteiger partial charge in [0.1, 0.15) is 17.1 Å². The van der Waals surface area contributed by atoms with E-state index in [9.17, 15) is 19.4 Å². The predicted octanol–water partition coefficient (Wildman–Crippen LogP) is 7.41. The molecule has 196 valence electrons. The number of rotatable bonds is 8. The van der Waals surface area contributed by atoms with Crippen molar-refractivity contribution in [3.8, 4) is 11.6 Å². The fourth-order valence-corrected chi connectivity index (χ4v) is 11.2. The lowest BCUT2D eigenvalue weighted by Gasteiger charge is -2.42. The highest BCUT2D eigenvalue weighted by atomic mass is 28.4. The van der Waals surface area contributed by atoms with Crippen LogP contribution >= 0.6 is 0 Å². The van der Waals surface area contributed by atoms with Crippen molar-refractivity contribution in [3.63, 3.8) is 0 Å². The van der Waals surface area contributed by atoms with Crippen LogP contribution in [0, 0.1) is 5.82 Å². The first kappa shape index (κ1) is 26.7. The average Bonchev–Trinajstić information content (AvgIpc) is 3.10. The summed E-state index contributed by atoms with van der Waals surface area (Å²) < 4.78 is 22.0. The van der Waals surface area contributed by atoms with Crippen LogP contribution in [0.25, 0.3) is 21.7 Å². The molecule has 6 nitrogen and oxygen atoms in total. The first-order valence-electron chi connectivity index (χ1n) is 12.7. The number of hydrogen-bond acceptors (Lipinski definition) is 4. The number of carboxylic acid groups (broad SMARTS) is 1. The van der Waals surface area contributed by atoms with Gasteiger partial charge in [0, 0.05) is 30.2 Å². The lowest BCUT2D eigenvalue weighted by Crippen LogP contribution is -2.50. The molecule has 37 heavy (non-hydrogen) atoms. The molecule has 0 atom stereocenters. The molecule has 2 heterocycles. The van der Waals surface area contributed by atoms with Crippen molar-refractivity contribution in [2.45, 2.75) is 64.6 Å². The largest absolute Gasteiger partial charge is 0.541 e. The van der Waals surface area contributed by atoms with Crippen LogP contribution in [0.2, 0.25) is 16.6 Å². The van der Waals surface area contributed by atoms with E-state index in [1.807, 2.05) is 6.07 Å². The summed E-state index contributed by atoms with van der Waals surface area (Å²) in [5, 5.41) is 22.6. The van der Waals surface area contributed by atoms with Gasteiger partial charge < -0.3 is 19.2 Å². The molecule has 0 aliphatic rings. The maximum Gasteiger partial charge on any atom is 0.337 e. The zero-order valence-corrected chi connectivity index (χ0v) is 23.5. The van der Waals surface area contributed by atoms with Crippen LogP contribution in [0.1, 0.15) is 63.0 Å². The summed E-state index contributed by atoms with van der Waals surface area (Å²) in [7, 11) is -0.803. The molecular weight excluding hydrogens is 487 g/mol. The van der Waals surface area contributed by atoms with Gasteiger partial charge in [-0.05, 0) is 52.4 Å². The van der Waals surface area contributed by atoms with Crippen molar-refractivity contribution >= 4 is 36.0 Å². The van der Waals surface area contributed by atoms with E-state index >= 15 is 0 Å². The van der Waals surface area contributed by atoms with Crippen molar-refractivity contribution in [3.05, 3.63) is 65.2 Å². The second-order valence-electron chi connectivity index (χ2n) is 10.8. The molecule has 0 spiro atoms. The number of aromatic nitrogens is 2. The van der Waals surface area contributed by atoms with Crippen molar-refractivity contribution in [2.24, 2.45) is 7.05 Å². The highest BCUT2D eigenvalue weighted by Gasteiger charge is 2.48. The third-order valence-corrected chi connectivity index (χ3v) is 13.6. The fraction of sp³-hybridized carbons (Fsp3) is 0.379. The summed E-state index contributed by atoms with van der Waals surface area (Å²) in [6, 6.07) is 8.05. The van der Waals surface area contributed by atoms with Crippen LogP contribution in [0.3, 0.4) is 0 Å². The smallest absolute Gasteiger partial charge is 0.337 e. The number of aryl methyl sites for hydroxylation is 1. The van der Waals surface area contributed by atoms with Gasteiger partial charge in [-0.1, -0.05) is 53.7 Å². The maximum atomic E-state index is 13.4. The summed E-state index contributed by atoms with van der Waals surface area (Å²) in [6.07, 6.45) is 3.81. The SMILES string of the molecule is CC(C)[Si](Oc1c2ncc(Cc3ccc(F)cc3)cc2c(C(=O)O)c2cn(C)c(O)c12)(C(C)C)C(C)C. The maximum absolute atomic E-state index is 13.4. The zero-order chi connectivity index (χ0) is 27.2. The Morgan fingerprint density at radius 1 is 1.03 bits per heavy atom. The molecule has 2 N–H and O–H groups in total. The number of carboxylic acids is 1. The van der Waals surface area contributed by atoms with E-state index in [1.54, 1.807) is 31.6 Å². The van der Waals surface area contributed by atoms with E-state index in [4.69, 9.17) is 9.41 Å². The average molecular weight is 523 g/mol. The van der Waals surface area contributed by atoms with E-state index in [2.05, 4.69) is 41.5 Å². The standard InChI is InChI=1S/C29H35FN2O4Si/c1-16(2)37(17(3)4,18(5)6)36-27-25-23(15-32(7)28(25)33)24(29(34)35)22-13-20(14-31-26(22)27)12-19-8-10-21(30)11-9-19/h8-11,13-18,33H,12H2,1-7H3,(H,34,35). The fourth-order valence-electron chi connectivity index (χ4n) is 5.97. The van der Waals surface area contributed by atoms with Crippen molar-refractivity contribution < 1.29 is 23.8 Å². The number of benzene rings is 2. The van der Waals surface area contributed by atoms with Crippen LogP contribution < -0.4 is 4.43 Å². The van der Waals surface area contributed by atoms with Gasteiger partial charge in [-0.2, -0.15) is 0 Å². The van der Waals surface area contributed by atoms with E-state index in [-0.39, 0.29) is 33.9 Å². The van der Waals surface area contributed by atoms with Gasteiger partial charge in [-0.15, -0.1) is 0 Å². The molecule has 0 bridgehead atoms. The molecule has 0 saturated carbocycles. The summed E-state index contributed by atoms with van der Waals surface area (Å²) >= 11 is 0. The predicted molar refractivity (Wildman–Crippen MR) is 148 cm³/mol. The van der Waals surface area contributed by atoms with Gasteiger partial charge in [0.2, 0.25) is 5.88 Å². The van der Waals surface area contributed by atoms with Crippen LogP contribution in [0.15, 0.2) is 42.7 Å². The molecule has 0 saturated heterocycles. The Kier molecular flexibility index (Phi) is 7.07. The highest BCUT2D eigenvalue weighted by Crippen LogP contribution is 2.49. The molecule has 0 aliphatic heterocycles. The summed E-state index contributed by atoms with van der Waals surface area (Å²) in [5.74, 6) is -1.02. The first-order valence-corrected chi connectivity index (χ1v) is 14.8. The lowest BCUT2D eigenvalue weighted by molar-refractivity contribution is 0.0701. The molecule has 0 radical (unpaired) electrons. The van der Waals surface area contributed by atoms with Crippen molar-refractivity contribution in [1.82, 2.24) is 9.55 Å². The molecule has 2 aromatic heterocycles. The Morgan fingerprint density at radius 2 is 1.62 bits per heavy atom. The second-order valence-corrected chi connectivity index (χ2v) is 16.2. The van der Waals surface area contributed by atoms with Crippen LogP contribution in [0.5, 0.6) is 11.6 Å². The molecule has 0 fully saturated rings. The van der Waals surface area contributed by atoms with Gasteiger partial charge >= 0.3 is 5.97 Å². The Morgan fingerprint density at radius 3 is 2.16 bits per heavy atom. The minimum atomic E-state index is -2.48. The van der Waals surface area contributed by atoms with Gasteiger partial charge in [0.05, 0.1) is 10.9 Å². The van der Waals surface area contributed by atoms with Gasteiger partial charge in [0.15, 0.2) is 0 Å². The third-order valence-electron chi connectivity index (χ3n) is 7.60. The monoisotopic (exact) mass is 522 g/mol. The molecule has 4 rings (SSSR count). The first-order chi connectivity index (χ1) is 17.4. The Labute approximate surface area is 217 Å². The summed E-state index contributed by atoms with van der Waals surface area (Å²) in [6.45, 7) is 13.1. The van der Waals surface area contributed by atoms with E-state index in [0.717, 1.165) is 11.1 Å². The van der Waals surface area contributed by atoms with E-state index < -0.39 is 14.3 Å². The van der Waals surface area contributed by atoms with Crippen molar-refractivity contribution in [1.29, 1.82) is 0 Å². The summed E-state index contributed by atoms with van der Waals surface area (Å²) in [4.78, 5) is 17.3. The molecule has 2 aromatic carbocycles.